The molecule has 1 atom stereocenters. The fourth-order valence-corrected chi connectivity index (χ4v) is 3.95. The molecule has 150 valence electrons. The molecule has 0 heterocycles. The molecule has 0 unspecified atom stereocenters. The van der Waals surface area contributed by atoms with Gasteiger partial charge in [-0.1, -0.05) is 72.8 Å². The van der Waals surface area contributed by atoms with Gasteiger partial charge in [0.25, 0.3) is 11.6 Å². The average molecular weight is 401 g/mol. The number of nitrogens with one attached hydrogen (secondary N) is 2. The van der Waals surface area contributed by atoms with Crippen LogP contribution in [-0.4, -0.2) is 16.7 Å². The molecule has 0 bridgehead atoms. The van der Waals surface area contributed by atoms with Crippen LogP contribution in [0.5, 0.6) is 0 Å². The average Bonchev–Trinajstić information content (AvgIpc) is 3.55. The van der Waals surface area contributed by atoms with Crippen molar-refractivity contribution >= 4 is 17.5 Å². The first-order valence-electron chi connectivity index (χ1n) is 9.48. The lowest BCUT2D eigenvalue weighted by Crippen LogP contribution is -2.43. The maximum atomic E-state index is 12.9. The number of rotatable bonds is 5. The smallest absolute Gasteiger partial charge is 0.273 e. The quantitative estimate of drug-likeness (QED) is 0.506. The largest absolute Gasteiger partial charge is 0.282 e. The molecule has 2 amide bonds. The summed E-state index contributed by atoms with van der Waals surface area (Å²) in [6.45, 7) is 0. The van der Waals surface area contributed by atoms with Crippen LogP contribution in [0.2, 0.25) is 0 Å². The Morgan fingerprint density at radius 1 is 0.833 bits per heavy atom. The van der Waals surface area contributed by atoms with Crippen molar-refractivity contribution in [2.75, 3.05) is 0 Å². The molecule has 1 saturated carbocycles. The standard InChI is InChI=1S/C23H19N3O4/c27-21(18-13-7-8-14-20(18)26(29)30)24-25-22(28)19-15-23(19,16-9-3-1-4-10-16)17-11-5-2-6-12-17/h1-14,19H,15H2,(H,24,27)(H,25,28)/t19-/m1/s1. The molecule has 1 aliphatic rings. The van der Waals surface area contributed by atoms with Crippen LogP contribution in [0.3, 0.4) is 0 Å². The van der Waals surface area contributed by atoms with E-state index in [0.717, 1.165) is 11.1 Å². The Labute approximate surface area is 172 Å². The van der Waals surface area contributed by atoms with E-state index >= 15 is 0 Å². The Morgan fingerprint density at radius 3 is 1.93 bits per heavy atom. The number of hydrazine groups is 1. The molecule has 1 fully saturated rings. The zero-order valence-electron chi connectivity index (χ0n) is 15.9. The van der Waals surface area contributed by atoms with Crippen LogP contribution in [0.15, 0.2) is 84.9 Å². The number of para-hydroxylation sites is 1. The number of hydrogen-bond acceptors (Lipinski definition) is 4. The molecule has 4 rings (SSSR count). The lowest BCUT2D eigenvalue weighted by atomic mass is 9.85. The minimum Gasteiger partial charge on any atom is -0.273 e. The van der Waals surface area contributed by atoms with E-state index in [1.165, 1.54) is 24.3 Å². The molecule has 0 aliphatic heterocycles. The van der Waals surface area contributed by atoms with Crippen molar-refractivity contribution < 1.29 is 14.5 Å². The van der Waals surface area contributed by atoms with Gasteiger partial charge in [0.1, 0.15) is 5.56 Å². The molecule has 7 nitrogen and oxygen atoms in total. The van der Waals surface area contributed by atoms with Crippen LogP contribution in [0.1, 0.15) is 27.9 Å². The molecule has 3 aromatic rings. The molecule has 0 aromatic heterocycles. The molecule has 0 radical (unpaired) electrons. The zero-order valence-corrected chi connectivity index (χ0v) is 15.9. The Kier molecular flexibility index (Phi) is 5.02. The summed E-state index contributed by atoms with van der Waals surface area (Å²) < 4.78 is 0. The van der Waals surface area contributed by atoms with Gasteiger partial charge in [0.15, 0.2) is 0 Å². The highest BCUT2D eigenvalue weighted by Gasteiger charge is 2.60. The normalized spacial score (nSPS) is 16.3. The van der Waals surface area contributed by atoms with Crippen molar-refractivity contribution in [2.24, 2.45) is 5.92 Å². The SMILES string of the molecule is O=C(NNC(=O)[C@H]1CC1(c1ccccc1)c1ccccc1)c1ccccc1[N+](=O)[O-]. The van der Waals surface area contributed by atoms with Gasteiger partial charge >= 0.3 is 0 Å². The van der Waals surface area contributed by atoms with Gasteiger partial charge in [-0.2, -0.15) is 0 Å². The van der Waals surface area contributed by atoms with E-state index in [1.807, 2.05) is 60.7 Å². The molecular formula is C23H19N3O4. The summed E-state index contributed by atoms with van der Waals surface area (Å²) in [6.07, 6.45) is 0.605. The highest BCUT2D eigenvalue weighted by atomic mass is 16.6. The number of nitro groups is 1. The van der Waals surface area contributed by atoms with Crippen molar-refractivity contribution in [3.63, 3.8) is 0 Å². The summed E-state index contributed by atoms with van der Waals surface area (Å²) >= 11 is 0. The number of benzene rings is 3. The van der Waals surface area contributed by atoms with Gasteiger partial charge in [0.2, 0.25) is 5.91 Å². The summed E-state index contributed by atoms with van der Waals surface area (Å²) in [4.78, 5) is 35.7. The number of hydrogen-bond donors (Lipinski definition) is 2. The van der Waals surface area contributed by atoms with E-state index in [-0.39, 0.29) is 23.1 Å². The second-order valence-corrected chi connectivity index (χ2v) is 7.18. The molecular weight excluding hydrogens is 382 g/mol. The van der Waals surface area contributed by atoms with Crippen molar-refractivity contribution in [2.45, 2.75) is 11.8 Å². The Bertz CT molecular complexity index is 1060. The summed E-state index contributed by atoms with van der Waals surface area (Å²) in [6, 6.07) is 25.1. The van der Waals surface area contributed by atoms with Gasteiger partial charge in [-0.3, -0.25) is 30.6 Å². The first kappa shape index (κ1) is 19.3. The van der Waals surface area contributed by atoms with Gasteiger partial charge in [0.05, 0.1) is 10.8 Å². The third-order valence-corrected chi connectivity index (χ3v) is 5.50. The highest BCUT2D eigenvalue weighted by molar-refractivity contribution is 5.99. The van der Waals surface area contributed by atoms with E-state index in [9.17, 15) is 19.7 Å². The van der Waals surface area contributed by atoms with Crippen molar-refractivity contribution in [3.8, 4) is 0 Å². The maximum absolute atomic E-state index is 12.9. The third-order valence-electron chi connectivity index (χ3n) is 5.50. The van der Waals surface area contributed by atoms with Gasteiger partial charge in [-0.15, -0.1) is 0 Å². The van der Waals surface area contributed by atoms with Gasteiger partial charge < -0.3 is 0 Å². The summed E-state index contributed by atoms with van der Waals surface area (Å²) in [5, 5.41) is 11.1. The summed E-state index contributed by atoms with van der Waals surface area (Å²) in [5.41, 5.74) is 5.92. The molecule has 1 aliphatic carbocycles. The fourth-order valence-electron chi connectivity index (χ4n) is 3.95. The van der Waals surface area contributed by atoms with Gasteiger partial charge in [-0.25, -0.2) is 0 Å². The van der Waals surface area contributed by atoms with Crippen LogP contribution in [0, 0.1) is 16.0 Å². The summed E-state index contributed by atoms with van der Waals surface area (Å²) in [7, 11) is 0. The lowest BCUT2D eigenvalue weighted by molar-refractivity contribution is -0.385. The zero-order chi connectivity index (χ0) is 21.1. The molecule has 3 aromatic carbocycles. The van der Waals surface area contributed by atoms with Crippen LogP contribution in [0.4, 0.5) is 5.69 Å². The Hall–Kier alpha value is -4.00. The van der Waals surface area contributed by atoms with E-state index in [4.69, 9.17) is 0 Å². The second kappa shape index (κ2) is 7.79. The number of amides is 2. The monoisotopic (exact) mass is 401 g/mol. The lowest BCUT2D eigenvalue weighted by Gasteiger charge is -2.19. The first-order chi connectivity index (χ1) is 14.5. The number of carbonyl (C=O) groups is 2. The molecule has 0 saturated heterocycles. The van der Waals surface area contributed by atoms with E-state index in [0.29, 0.717) is 6.42 Å². The minimum atomic E-state index is -0.735. The molecule has 2 N–H and O–H groups in total. The van der Waals surface area contributed by atoms with Gasteiger partial charge in [-0.05, 0) is 23.6 Å². The van der Waals surface area contributed by atoms with Crippen LogP contribution < -0.4 is 10.9 Å². The predicted molar refractivity (Wildman–Crippen MR) is 110 cm³/mol. The maximum Gasteiger partial charge on any atom is 0.282 e. The Balaban J connectivity index is 1.52. The van der Waals surface area contributed by atoms with Crippen LogP contribution in [0.25, 0.3) is 0 Å². The molecule has 7 heteroatoms. The first-order valence-corrected chi connectivity index (χ1v) is 9.48. The van der Waals surface area contributed by atoms with Crippen molar-refractivity contribution in [3.05, 3.63) is 112 Å². The third kappa shape index (κ3) is 3.41. The second-order valence-electron chi connectivity index (χ2n) is 7.18. The number of nitrogens with zero attached hydrogens (tertiary/aromatic N) is 1. The van der Waals surface area contributed by atoms with E-state index < -0.39 is 16.2 Å². The van der Waals surface area contributed by atoms with E-state index in [1.54, 1.807) is 0 Å². The molecule has 30 heavy (non-hydrogen) atoms. The minimum absolute atomic E-state index is 0.115. The Morgan fingerprint density at radius 2 is 1.37 bits per heavy atom. The molecule has 0 spiro atoms. The fraction of sp³-hybridized carbons (Fsp3) is 0.130. The topological polar surface area (TPSA) is 101 Å². The van der Waals surface area contributed by atoms with Crippen LogP contribution >= 0.6 is 0 Å². The number of nitro benzene ring substituents is 1. The van der Waals surface area contributed by atoms with Crippen LogP contribution in [-0.2, 0) is 10.2 Å². The van der Waals surface area contributed by atoms with E-state index in [2.05, 4.69) is 10.9 Å². The van der Waals surface area contributed by atoms with Crippen molar-refractivity contribution in [1.29, 1.82) is 0 Å². The number of carbonyl (C=O) groups excluding carboxylic acids is 2. The predicted octanol–water partition coefficient (Wildman–Crippen LogP) is 3.36. The van der Waals surface area contributed by atoms with Gasteiger partial charge in [0, 0.05) is 11.5 Å². The summed E-state index contributed by atoms with van der Waals surface area (Å²) in [5.74, 6) is -1.44. The van der Waals surface area contributed by atoms with Crippen molar-refractivity contribution in [1.82, 2.24) is 10.9 Å². The highest BCUT2D eigenvalue weighted by Crippen LogP contribution is 2.58.